The Balaban J connectivity index is 1.65. The average molecular weight is 352 g/mol. The van der Waals surface area contributed by atoms with Gasteiger partial charge < -0.3 is 0 Å². The first-order chi connectivity index (χ1) is 12.0. The molecule has 0 aliphatic carbocycles. The third-order valence-corrected chi connectivity index (χ3v) is 5.30. The second kappa shape index (κ2) is 7.64. The van der Waals surface area contributed by atoms with E-state index in [2.05, 4.69) is 18.2 Å². The molecule has 0 radical (unpaired) electrons. The quantitative estimate of drug-likeness (QED) is 0.609. The lowest BCUT2D eigenvalue weighted by Gasteiger charge is -2.08. The zero-order chi connectivity index (χ0) is 17.7. The third kappa shape index (κ3) is 4.56. The van der Waals surface area contributed by atoms with Crippen LogP contribution in [0, 0.1) is 6.92 Å². The van der Waals surface area contributed by atoms with Gasteiger partial charge in [-0.05, 0) is 42.2 Å². The largest absolute Gasteiger partial charge is 0.296 e. The Morgan fingerprint density at radius 3 is 2.20 bits per heavy atom. The van der Waals surface area contributed by atoms with E-state index < -0.39 is 10.1 Å². The van der Waals surface area contributed by atoms with Crippen molar-refractivity contribution in [3.8, 4) is 11.1 Å². The van der Waals surface area contributed by atoms with Gasteiger partial charge in [0.25, 0.3) is 10.1 Å². The van der Waals surface area contributed by atoms with Crippen molar-refractivity contribution in [2.45, 2.75) is 18.2 Å². The Kier molecular flexibility index (Phi) is 5.31. The first-order valence-corrected chi connectivity index (χ1v) is 9.56. The predicted molar refractivity (Wildman–Crippen MR) is 99.9 cm³/mol. The van der Waals surface area contributed by atoms with Crippen LogP contribution in [0.2, 0.25) is 0 Å². The summed E-state index contributed by atoms with van der Waals surface area (Å²) in [4.78, 5) is 0.191. The van der Waals surface area contributed by atoms with Crippen LogP contribution in [0.5, 0.6) is 0 Å². The van der Waals surface area contributed by atoms with Gasteiger partial charge in [-0.3, -0.25) is 4.18 Å². The van der Waals surface area contributed by atoms with Gasteiger partial charge in [-0.1, -0.05) is 72.3 Å². The molecule has 0 spiro atoms. The Labute approximate surface area is 149 Å². The fourth-order valence-corrected chi connectivity index (χ4v) is 3.49. The fraction of sp³-hybridized carbons (Fsp3) is 0.143. The molecule has 0 fully saturated rings. The van der Waals surface area contributed by atoms with Crippen molar-refractivity contribution in [3.05, 3.63) is 90.0 Å². The van der Waals surface area contributed by atoms with Crippen molar-refractivity contribution in [2.24, 2.45) is 0 Å². The number of rotatable bonds is 6. The van der Waals surface area contributed by atoms with Gasteiger partial charge in [-0.25, -0.2) is 0 Å². The van der Waals surface area contributed by atoms with Crippen LogP contribution in [-0.4, -0.2) is 15.0 Å². The van der Waals surface area contributed by atoms with Crippen LogP contribution in [-0.2, 0) is 20.7 Å². The van der Waals surface area contributed by atoms with Crippen LogP contribution < -0.4 is 0 Å². The van der Waals surface area contributed by atoms with Crippen LogP contribution in [0.4, 0.5) is 0 Å². The van der Waals surface area contributed by atoms with E-state index >= 15 is 0 Å². The molecule has 3 nitrogen and oxygen atoms in total. The molecule has 3 aromatic rings. The molecule has 0 heterocycles. The van der Waals surface area contributed by atoms with E-state index in [1.54, 1.807) is 24.3 Å². The van der Waals surface area contributed by atoms with E-state index in [4.69, 9.17) is 4.18 Å². The zero-order valence-electron chi connectivity index (χ0n) is 14.1. The molecule has 128 valence electrons. The van der Waals surface area contributed by atoms with Crippen molar-refractivity contribution >= 4 is 10.1 Å². The summed E-state index contributed by atoms with van der Waals surface area (Å²) < 4.78 is 29.6. The molecule has 0 atom stereocenters. The molecule has 0 aromatic heterocycles. The zero-order valence-corrected chi connectivity index (χ0v) is 14.9. The molecule has 3 aromatic carbocycles. The molecule has 3 rings (SSSR count). The molecular formula is C21H20O3S. The van der Waals surface area contributed by atoms with Gasteiger partial charge in [0.1, 0.15) is 0 Å². The van der Waals surface area contributed by atoms with Crippen LogP contribution in [0.15, 0.2) is 83.8 Å². The summed E-state index contributed by atoms with van der Waals surface area (Å²) in [6.07, 6.45) is 0.533. The highest BCUT2D eigenvalue weighted by Crippen LogP contribution is 2.20. The molecular weight excluding hydrogens is 332 g/mol. The molecule has 0 aliphatic rings. The molecule has 0 saturated carbocycles. The van der Waals surface area contributed by atoms with Crippen LogP contribution in [0.3, 0.4) is 0 Å². The number of benzene rings is 3. The van der Waals surface area contributed by atoms with Gasteiger partial charge in [0.05, 0.1) is 11.5 Å². The number of hydrogen-bond acceptors (Lipinski definition) is 3. The highest BCUT2D eigenvalue weighted by molar-refractivity contribution is 7.86. The normalized spacial score (nSPS) is 11.4. The standard InChI is InChI=1S/C21H20O3S/c1-17-10-12-21(13-11-17)25(22,23)24-15-14-18-6-5-9-20(16-18)19-7-3-2-4-8-19/h2-13,16H,14-15H2,1H3. The molecule has 25 heavy (non-hydrogen) atoms. The van der Waals surface area contributed by atoms with E-state index in [1.165, 1.54) is 0 Å². The Hall–Kier alpha value is -2.43. The monoisotopic (exact) mass is 352 g/mol. The second-order valence-corrected chi connectivity index (χ2v) is 7.52. The van der Waals surface area contributed by atoms with Gasteiger partial charge in [0.2, 0.25) is 0 Å². The van der Waals surface area contributed by atoms with E-state index in [-0.39, 0.29) is 11.5 Å². The molecule has 0 bridgehead atoms. The van der Waals surface area contributed by atoms with Crippen molar-refractivity contribution in [3.63, 3.8) is 0 Å². The lowest BCUT2D eigenvalue weighted by molar-refractivity contribution is 0.322. The van der Waals surface area contributed by atoms with Gasteiger partial charge in [0, 0.05) is 0 Å². The first-order valence-electron chi connectivity index (χ1n) is 8.15. The summed E-state index contributed by atoms with van der Waals surface area (Å²) in [7, 11) is -3.71. The summed E-state index contributed by atoms with van der Waals surface area (Å²) in [5.74, 6) is 0. The van der Waals surface area contributed by atoms with Crippen LogP contribution in [0.1, 0.15) is 11.1 Å². The minimum Gasteiger partial charge on any atom is -0.266 e. The summed E-state index contributed by atoms with van der Waals surface area (Å²) in [6, 6.07) is 24.8. The lowest BCUT2D eigenvalue weighted by Crippen LogP contribution is -2.09. The predicted octanol–water partition coefficient (Wildman–Crippen LogP) is 4.61. The van der Waals surface area contributed by atoms with Crippen molar-refractivity contribution in [2.75, 3.05) is 6.61 Å². The van der Waals surface area contributed by atoms with E-state index in [1.807, 2.05) is 43.3 Å². The SMILES string of the molecule is Cc1ccc(S(=O)(=O)OCCc2cccc(-c3ccccc3)c2)cc1. The minimum atomic E-state index is -3.71. The van der Waals surface area contributed by atoms with Gasteiger partial charge in [-0.15, -0.1) is 0 Å². The second-order valence-electron chi connectivity index (χ2n) is 5.91. The van der Waals surface area contributed by atoms with Crippen molar-refractivity contribution in [1.82, 2.24) is 0 Å². The van der Waals surface area contributed by atoms with Crippen molar-refractivity contribution < 1.29 is 12.6 Å². The lowest BCUT2D eigenvalue weighted by atomic mass is 10.0. The van der Waals surface area contributed by atoms with Crippen molar-refractivity contribution in [1.29, 1.82) is 0 Å². The highest BCUT2D eigenvalue weighted by Gasteiger charge is 2.14. The molecule has 0 unspecified atom stereocenters. The van der Waals surface area contributed by atoms with Gasteiger partial charge >= 0.3 is 0 Å². The molecule has 4 heteroatoms. The Morgan fingerprint density at radius 2 is 1.48 bits per heavy atom. The average Bonchev–Trinajstić information content (AvgIpc) is 2.63. The topological polar surface area (TPSA) is 43.4 Å². The van der Waals surface area contributed by atoms with Gasteiger partial charge in [0.15, 0.2) is 0 Å². The van der Waals surface area contributed by atoms with E-state index in [9.17, 15) is 8.42 Å². The Bertz CT molecular complexity index is 930. The molecule has 0 aliphatic heterocycles. The summed E-state index contributed by atoms with van der Waals surface area (Å²) in [5, 5.41) is 0. The van der Waals surface area contributed by atoms with E-state index in [0.717, 1.165) is 22.3 Å². The highest BCUT2D eigenvalue weighted by atomic mass is 32.2. The van der Waals surface area contributed by atoms with Gasteiger partial charge in [-0.2, -0.15) is 8.42 Å². The smallest absolute Gasteiger partial charge is 0.266 e. The maximum Gasteiger partial charge on any atom is 0.296 e. The maximum atomic E-state index is 12.2. The summed E-state index contributed by atoms with van der Waals surface area (Å²) in [5.41, 5.74) is 4.30. The summed E-state index contributed by atoms with van der Waals surface area (Å²) in [6.45, 7) is 2.03. The first kappa shape index (κ1) is 17.4. The number of hydrogen-bond donors (Lipinski definition) is 0. The molecule has 0 saturated heterocycles. The Morgan fingerprint density at radius 1 is 0.800 bits per heavy atom. The molecule has 0 amide bonds. The van der Waals surface area contributed by atoms with Crippen LogP contribution >= 0.6 is 0 Å². The number of aryl methyl sites for hydroxylation is 1. The maximum absolute atomic E-state index is 12.2. The molecule has 0 N–H and O–H groups in total. The summed E-state index contributed by atoms with van der Waals surface area (Å²) >= 11 is 0. The van der Waals surface area contributed by atoms with E-state index in [0.29, 0.717) is 6.42 Å². The van der Waals surface area contributed by atoms with Crippen LogP contribution in [0.25, 0.3) is 11.1 Å². The minimum absolute atomic E-state index is 0.119. The third-order valence-electron chi connectivity index (χ3n) is 3.97. The fourth-order valence-electron chi connectivity index (χ4n) is 2.58.